The van der Waals surface area contributed by atoms with Crippen molar-refractivity contribution in [3.8, 4) is 0 Å². The first-order valence-corrected chi connectivity index (χ1v) is 10.3. The Morgan fingerprint density at radius 2 is 2.11 bits per heavy atom. The van der Waals surface area contributed by atoms with Crippen molar-refractivity contribution >= 4 is 11.5 Å². The molecule has 1 saturated heterocycles. The highest BCUT2D eigenvalue weighted by atomic mass is 16.2. The van der Waals surface area contributed by atoms with Gasteiger partial charge in [-0.2, -0.15) is 0 Å². The fraction of sp³-hybridized carbons (Fsp3) is 0.545. The van der Waals surface area contributed by atoms with Gasteiger partial charge in [0, 0.05) is 48.6 Å². The maximum absolute atomic E-state index is 9.50. The minimum atomic E-state index is 0.194. The Labute approximate surface area is 160 Å². The zero-order valence-electron chi connectivity index (χ0n) is 16.0. The second-order valence-corrected chi connectivity index (χ2v) is 8.43. The SMILES string of the molecule is C[C@@H]1CCc2ncnc(N3CCC4(CC3)CNc3cccc(CCO)c34)c21. The van der Waals surface area contributed by atoms with Gasteiger partial charge in [-0.3, -0.25) is 0 Å². The molecule has 0 saturated carbocycles. The Hall–Kier alpha value is -2.14. The lowest BCUT2D eigenvalue weighted by atomic mass is 9.72. The van der Waals surface area contributed by atoms with Gasteiger partial charge in [-0.05, 0) is 55.2 Å². The summed E-state index contributed by atoms with van der Waals surface area (Å²) in [6.45, 7) is 5.60. The molecule has 3 aliphatic rings. The van der Waals surface area contributed by atoms with E-state index < -0.39 is 0 Å². The number of aromatic nitrogens is 2. The van der Waals surface area contributed by atoms with E-state index in [9.17, 15) is 5.11 Å². The predicted molar refractivity (Wildman–Crippen MR) is 108 cm³/mol. The average molecular weight is 364 g/mol. The third-order valence-electron chi connectivity index (χ3n) is 6.95. The minimum Gasteiger partial charge on any atom is -0.396 e. The lowest BCUT2D eigenvalue weighted by molar-refractivity contribution is 0.297. The summed E-state index contributed by atoms with van der Waals surface area (Å²) in [6.07, 6.45) is 7.03. The number of benzene rings is 1. The number of hydrogen-bond donors (Lipinski definition) is 2. The third-order valence-corrected chi connectivity index (χ3v) is 6.95. The van der Waals surface area contributed by atoms with E-state index in [-0.39, 0.29) is 12.0 Å². The van der Waals surface area contributed by atoms with Crippen molar-refractivity contribution in [3.63, 3.8) is 0 Å². The van der Waals surface area contributed by atoms with Gasteiger partial charge in [0.15, 0.2) is 0 Å². The molecule has 0 bridgehead atoms. The van der Waals surface area contributed by atoms with Crippen LogP contribution >= 0.6 is 0 Å². The van der Waals surface area contributed by atoms with Gasteiger partial charge >= 0.3 is 0 Å². The van der Waals surface area contributed by atoms with Crippen LogP contribution < -0.4 is 10.2 Å². The van der Waals surface area contributed by atoms with Crippen LogP contribution in [0.3, 0.4) is 0 Å². The van der Waals surface area contributed by atoms with Crippen LogP contribution in [-0.2, 0) is 18.3 Å². The van der Waals surface area contributed by atoms with Crippen molar-refractivity contribution in [1.29, 1.82) is 0 Å². The first-order valence-electron chi connectivity index (χ1n) is 10.3. The first kappa shape index (κ1) is 17.0. The molecular weight excluding hydrogens is 336 g/mol. The van der Waals surface area contributed by atoms with E-state index in [0.717, 1.165) is 45.3 Å². The number of fused-ring (bicyclic) bond motifs is 3. The Bertz CT molecular complexity index is 857. The van der Waals surface area contributed by atoms with Crippen molar-refractivity contribution in [2.45, 2.75) is 50.4 Å². The number of aliphatic hydroxyl groups is 1. The van der Waals surface area contributed by atoms with Gasteiger partial charge in [0.2, 0.25) is 0 Å². The molecule has 1 atom stereocenters. The number of rotatable bonds is 3. The first-order chi connectivity index (χ1) is 13.2. The second-order valence-electron chi connectivity index (χ2n) is 8.43. The standard InChI is InChI=1S/C22H28N4O/c1-15-5-6-17-19(15)21(25-14-24-17)26-10-8-22(9-11-26)13-23-18-4-2-3-16(7-12-27)20(18)22/h2-4,14-15,23,27H,5-13H2,1H3/t15-/m1/s1. The molecule has 5 nitrogen and oxygen atoms in total. The highest BCUT2D eigenvalue weighted by molar-refractivity contribution is 5.64. The Kier molecular flexibility index (Phi) is 4.08. The lowest BCUT2D eigenvalue weighted by Gasteiger charge is -2.41. The van der Waals surface area contributed by atoms with Gasteiger partial charge < -0.3 is 15.3 Å². The van der Waals surface area contributed by atoms with Crippen LogP contribution in [0.25, 0.3) is 0 Å². The maximum atomic E-state index is 9.50. The fourth-order valence-corrected chi connectivity index (χ4v) is 5.50. The summed E-state index contributed by atoms with van der Waals surface area (Å²) in [5.74, 6) is 1.74. The van der Waals surface area contributed by atoms with Gasteiger partial charge in [-0.1, -0.05) is 19.1 Å². The molecule has 0 unspecified atom stereocenters. The third kappa shape index (κ3) is 2.63. The number of aliphatic hydroxyl groups excluding tert-OH is 1. The van der Waals surface area contributed by atoms with Crippen molar-refractivity contribution < 1.29 is 5.11 Å². The Morgan fingerprint density at radius 1 is 1.26 bits per heavy atom. The zero-order chi connectivity index (χ0) is 18.4. The van der Waals surface area contributed by atoms with Crippen LogP contribution in [0.4, 0.5) is 11.5 Å². The molecule has 0 radical (unpaired) electrons. The molecule has 3 heterocycles. The van der Waals surface area contributed by atoms with Crippen molar-refractivity contribution in [3.05, 3.63) is 46.9 Å². The molecular formula is C22H28N4O. The Morgan fingerprint density at radius 3 is 2.93 bits per heavy atom. The summed E-state index contributed by atoms with van der Waals surface area (Å²) in [5, 5.41) is 13.1. The fourth-order valence-electron chi connectivity index (χ4n) is 5.50. The van der Waals surface area contributed by atoms with Crippen molar-refractivity contribution in [2.24, 2.45) is 0 Å². The van der Waals surface area contributed by atoms with Gasteiger partial charge in [-0.15, -0.1) is 0 Å². The summed E-state index contributed by atoms with van der Waals surface area (Å²) in [5.41, 5.74) is 6.88. The molecule has 27 heavy (non-hydrogen) atoms. The lowest BCUT2D eigenvalue weighted by Crippen LogP contribution is -2.45. The molecule has 2 N–H and O–H groups in total. The van der Waals surface area contributed by atoms with Gasteiger partial charge in [0.25, 0.3) is 0 Å². The summed E-state index contributed by atoms with van der Waals surface area (Å²) < 4.78 is 0. The molecule has 1 spiro atoms. The molecule has 1 fully saturated rings. The molecule has 5 rings (SSSR count). The predicted octanol–water partition coefficient (Wildman–Crippen LogP) is 3.02. The van der Waals surface area contributed by atoms with Gasteiger partial charge in [-0.25, -0.2) is 9.97 Å². The average Bonchev–Trinajstić information content (AvgIpc) is 3.25. The molecule has 1 aliphatic carbocycles. The quantitative estimate of drug-likeness (QED) is 0.877. The molecule has 142 valence electrons. The highest BCUT2D eigenvalue weighted by Crippen LogP contribution is 2.47. The van der Waals surface area contributed by atoms with Crippen LogP contribution in [0.5, 0.6) is 0 Å². The van der Waals surface area contributed by atoms with E-state index in [1.807, 2.05) is 0 Å². The maximum Gasteiger partial charge on any atom is 0.135 e. The topological polar surface area (TPSA) is 61.3 Å². The molecule has 2 aromatic rings. The monoisotopic (exact) mass is 364 g/mol. The molecule has 2 aliphatic heterocycles. The van der Waals surface area contributed by atoms with Gasteiger partial charge in [0.05, 0.1) is 0 Å². The number of nitrogens with one attached hydrogen (secondary N) is 1. The number of nitrogens with zero attached hydrogens (tertiary/aromatic N) is 3. The largest absolute Gasteiger partial charge is 0.396 e. The van der Waals surface area contributed by atoms with E-state index in [4.69, 9.17) is 4.98 Å². The molecule has 1 aromatic heterocycles. The van der Waals surface area contributed by atoms with Crippen LogP contribution in [0.2, 0.25) is 0 Å². The number of hydrogen-bond acceptors (Lipinski definition) is 5. The van der Waals surface area contributed by atoms with E-state index >= 15 is 0 Å². The molecule has 1 aromatic carbocycles. The van der Waals surface area contributed by atoms with E-state index in [1.54, 1.807) is 6.33 Å². The number of piperidine rings is 1. The van der Waals surface area contributed by atoms with E-state index in [0.29, 0.717) is 5.92 Å². The van der Waals surface area contributed by atoms with Crippen LogP contribution in [0.15, 0.2) is 24.5 Å². The normalized spacial score (nSPS) is 22.6. The second kappa shape index (κ2) is 6.48. The summed E-state index contributed by atoms with van der Waals surface area (Å²) >= 11 is 0. The van der Waals surface area contributed by atoms with Gasteiger partial charge in [0.1, 0.15) is 12.1 Å². The summed E-state index contributed by atoms with van der Waals surface area (Å²) in [4.78, 5) is 11.7. The molecule has 0 amide bonds. The van der Waals surface area contributed by atoms with E-state index in [1.165, 1.54) is 40.3 Å². The Balaban J connectivity index is 1.43. The number of anilines is 2. The summed E-state index contributed by atoms with van der Waals surface area (Å²) in [6, 6.07) is 6.49. The molecule has 5 heteroatoms. The highest BCUT2D eigenvalue weighted by Gasteiger charge is 2.43. The van der Waals surface area contributed by atoms with Crippen molar-refractivity contribution in [1.82, 2.24) is 9.97 Å². The van der Waals surface area contributed by atoms with Crippen LogP contribution in [0, 0.1) is 0 Å². The summed E-state index contributed by atoms with van der Waals surface area (Å²) in [7, 11) is 0. The van der Waals surface area contributed by atoms with E-state index in [2.05, 4.69) is 40.3 Å². The van der Waals surface area contributed by atoms with Crippen LogP contribution in [0.1, 0.15) is 54.5 Å². The zero-order valence-corrected chi connectivity index (χ0v) is 16.0. The van der Waals surface area contributed by atoms with Crippen molar-refractivity contribution in [2.75, 3.05) is 36.5 Å². The minimum absolute atomic E-state index is 0.194. The van der Waals surface area contributed by atoms with Crippen LogP contribution in [-0.4, -0.2) is 41.3 Å². The number of aryl methyl sites for hydroxylation is 1. The smallest absolute Gasteiger partial charge is 0.135 e.